The van der Waals surface area contributed by atoms with Crippen LogP contribution in [0.1, 0.15) is 6.23 Å². The van der Waals surface area contributed by atoms with Gasteiger partial charge in [-0.05, 0) is 12.1 Å². The van der Waals surface area contributed by atoms with Gasteiger partial charge in [-0.15, -0.1) is 0 Å². The summed E-state index contributed by atoms with van der Waals surface area (Å²) in [6.07, 6.45) is 2.51. The minimum atomic E-state index is -1.15. The summed E-state index contributed by atoms with van der Waals surface area (Å²) in [6, 6.07) is 3.78. The Kier molecular flexibility index (Phi) is 4.32. The Morgan fingerprint density at radius 2 is 2.03 bits per heavy atom. The second kappa shape index (κ2) is 7.00. The molecule has 0 amide bonds. The standard InChI is InChI=1S/C17H19N9O3/c18-14-11-16(22-6-21-14)25(8-23-11)17-13(28)12(27)10(29-17)5-19-7-26-15-9(4-24-26)2-1-3-20-15/h1-4,6,8,10,12-13,17,19,27-28H,5,7H2,(H2,18,21,22). The topological polar surface area (TPSA) is 162 Å². The molecule has 4 atom stereocenters. The molecule has 0 bridgehead atoms. The summed E-state index contributed by atoms with van der Waals surface area (Å²) in [4.78, 5) is 16.5. The third kappa shape index (κ3) is 2.98. The van der Waals surface area contributed by atoms with Crippen molar-refractivity contribution >= 4 is 28.0 Å². The number of hydrogen-bond acceptors (Lipinski definition) is 10. The largest absolute Gasteiger partial charge is 0.387 e. The Bertz CT molecular complexity index is 1160. The number of pyridine rings is 1. The van der Waals surface area contributed by atoms with Gasteiger partial charge in [0.25, 0.3) is 0 Å². The third-order valence-electron chi connectivity index (χ3n) is 5.00. The summed E-state index contributed by atoms with van der Waals surface area (Å²) < 4.78 is 9.16. The Morgan fingerprint density at radius 3 is 2.93 bits per heavy atom. The quantitative estimate of drug-likeness (QED) is 0.329. The van der Waals surface area contributed by atoms with Crippen LogP contribution in [0.4, 0.5) is 5.82 Å². The highest BCUT2D eigenvalue weighted by atomic mass is 16.6. The number of nitrogens with zero attached hydrogens (tertiary/aromatic N) is 7. The minimum Gasteiger partial charge on any atom is -0.387 e. The van der Waals surface area contributed by atoms with E-state index in [0.29, 0.717) is 24.4 Å². The van der Waals surface area contributed by atoms with Crippen LogP contribution in [-0.4, -0.2) is 69.4 Å². The van der Waals surface area contributed by atoms with Crippen molar-refractivity contribution < 1.29 is 14.9 Å². The number of imidazole rings is 1. The molecule has 1 aliphatic rings. The van der Waals surface area contributed by atoms with E-state index in [9.17, 15) is 10.2 Å². The van der Waals surface area contributed by atoms with Gasteiger partial charge in [0.2, 0.25) is 0 Å². The smallest absolute Gasteiger partial charge is 0.167 e. The first-order valence-electron chi connectivity index (χ1n) is 9.05. The first kappa shape index (κ1) is 17.9. The molecule has 0 aromatic carbocycles. The maximum absolute atomic E-state index is 10.5. The number of aliphatic hydroxyl groups is 2. The minimum absolute atomic E-state index is 0.236. The van der Waals surface area contributed by atoms with Crippen LogP contribution in [0.15, 0.2) is 37.2 Å². The van der Waals surface area contributed by atoms with Crippen LogP contribution < -0.4 is 11.1 Å². The Hall–Kier alpha value is -3.19. The molecule has 1 saturated heterocycles. The number of anilines is 1. The number of ether oxygens (including phenoxy) is 1. The van der Waals surface area contributed by atoms with Gasteiger partial charge in [0.1, 0.15) is 30.2 Å². The van der Waals surface area contributed by atoms with Gasteiger partial charge < -0.3 is 20.7 Å². The highest BCUT2D eigenvalue weighted by Crippen LogP contribution is 2.31. The lowest BCUT2D eigenvalue weighted by atomic mass is 10.1. The van der Waals surface area contributed by atoms with E-state index in [1.165, 1.54) is 12.7 Å². The highest BCUT2D eigenvalue weighted by molar-refractivity contribution is 5.81. The number of fused-ring (bicyclic) bond motifs is 2. The average molecular weight is 397 g/mol. The fourth-order valence-corrected chi connectivity index (χ4v) is 3.52. The number of nitrogens with one attached hydrogen (secondary N) is 1. The van der Waals surface area contributed by atoms with E-state index in [1.54, 1.807) is 21.6 Å². The van der Waals surface area contributed by atoms with Crippen LogP contribution in [0.5, 0.6) is 0 Å². The molecule has 4 aromatic heterocycles. The first-order valence-corrected chi connectivity index (χ1v) is 9.05. The van der Waals surface area contributed by atoms with E-state index in [2.05, 4.69) is 30.4 Å². The van der Waals surface area contributed by atoms with Crippen molar-refractivity contribution in [1.29, 1.82) is 0 Å². The Labute approximate surface area is 164 Å². The van der Waals surface area contributed by atoms with E-state index >= 15 is 0 Å². The molecule has 0 radical (unpaired) electrons. The van der Waals surface area contributed by atoms with Gasteiger partial charge in [-0.3, -0.25) is 9.88 Å². The van der Waals surface area contributed by atoms with E-state index in [-0.39, 0.29) is 5.82 Å². The van der Waals surface area contributed by atoms with Gasteiger partial charge in [-0.25, -0.2) is 24.6 Å². The molecule has 1 fully saturated rings. The van der Waals surface area contributed by atoms with Crippen LogP contribution in [0, 0.1) is 0 Å². The van der Waals surface area contributed by atoms with E-state index in [0.717, 1.165) is 11.0 Å². The normalized spacial score (nSPS) is 24.6. The van der Waals surface area contributed by atoms with Crippen LogP contribution >= 0.6 is 0 Å². The fourth-order valence-electron chi connectivity index (χ4n) is 3.52. The lowest BCUT2D eigenvalue weighted by molar-refractivity contribution is -0.0345. The number of nitrogen functional groups attached to an aromatic ring is 1. The lowest BCUT2D eigenvalue weighted by Gasteiger charge is -2.16. The van der Waals surface area contributed by atoms with Crippen molar-refractivity contribution in [2.24, 2.45) is 0 Å². The zero-order valence-corrected chi connectivity index (χ0v) is 15.2. The molecule has 4 aromatic rings. The van der Waals surface area contributed by atoms with Crippen LogP contribution in [0.3, 0.4) is 0 Å². The van der Waals surface area contributed by atoms with Crippen LogP contribution in [0.25, 0.3) is 22.2 Å². The van der Waals surface area contributed by atoms with Crippen molar-refractivity contribution in [1.82, 2.24) is 39.6 Å². The van der Waals surface area contributed by atoms with Gasteiger partial charge >= 0.3 is 0 Å². The molecule has 5 rings (SSSR count). The SMILES string of the molecule is Nc1ncnc2c1ncn2C1OC(CNCn2ncc3cccnc32)C(O)C1O. The van der Waals surface area contributed by atoms with Crippen molar-refractivity contribution in [2.45, 2.75) is 31.2 Å². The van der Waals surface area contributed by atoms with Crippen molar-refractivity contribution in [3.05, 3.63) is 37.2 Å². The predicted octanol–water partition coefficient (Wildman–Crippen LogP) is -0.980. The molecule has 12 nitrogen and oxygen atoms in total. The molecular weight excluding hydrogens is 378 g/mol. The van der Waals surface area contributed by atoms with Crippen LogP contribution in [-0.2, 0) is 11.4 Å². The molecule has 150 valence electrons. The molecule has 0 aliphatic carbocycles. The molecule has 29 heavy (non-hydrogen) atoms. The summed E-state index contributed by atoms with van der Waals surface area (Å²) in [5, 5.41) is 29.4. The molecule has 5 N–H and O–H groups in total. The van der Waals surface area contributed by atoms with Crippen LogP contribution in [0.2, 0.25) is 0 Å². The van der Waals surface area contributed by atoms with Gasteiger partial charge in [-0.1, -0.05) is 0 Å². The number of nitrogens with two attached hydrogens (primary N) is 1. The molecule has 5 heterocycles. The average Bonchev–Trinajstić information content (AvgIpc) is 3.41. The van der Waals surface area contributed by atoms with E-state index < -0.39 is 24.5 Å². The number of aliphatic hydroxyl groups excluding tert-OH is 2. The zero-order chi connectivity index (χ0) is 20.0. The van der Waals surface area contributed by atoms with Gasteiger partial charge in [-0.2, -0.15) is 5.10 Å². The number of rotatable bonds is 5. The van der Waals surface area contributed by atoms with E-state index in [4.69, 9.17) is 10.5 Å². The highest BCUT2D eigenvalue weighted by Gasteiger charge is 2.44. The van der Waals surface area contributed by atoms with Gasteiger partial charge in [0.05, 0.1) is 19.2 Å². The monoisotopic (exact) mass is 397 g/mol. The molecule has 4 unspecified atom stereocenters. The van der Waals surface area contributed by atoms with E-state index in [1.807, 2.05) is 12.1 Å². The summed E-state index contributed by atoms with van der Waals surface area (Å²) in [6.45, 7) is 0.679. The first-order chi connectivity index (χ1) is 14.1. The lowest BCUT2D eigenvalue weighted by Crippen LogP contribution is -2.38. The maximum atomic E-state index is 10.5. The number of hydrogen-bond donors (Lipinski definition) is 4. The Morgan fingerprint density at radius 1 is 1.14 bits per heavy atom. The van der Waals surface area contributed by atoms with Crippen molar-refractivity contribution in [3.63, 3.8) is 0 Å². The summed E-state index contributed by atoms with van der Waals surface area (Å²) in [5.74, 6) is 0.236. The van der Waals surface area contributed by atoms with Gasteiger partial charge in [0.15, 0.2) is 23.3 Å². The molecule has 1 aliphatic heterocycles. The van der Waals surface area contributed by atoms with Crippen molar-refractivity contribution in [3.8, 4) is 0 Å². The summed E-state index contributed by atoms with van der Waals surface area (Å²) >= 11 is 0. The fraction of sp³-hybridized carbons (Fsp3) is 0.353. The number of aromatic nitrogens is 7. The molecule has 12 heteroatoms. The third-order valence-corrected chi connectivity index (χ3v) is 5.00. The zero-order valence-electron chi connectivity index (χ0n) is 15.2. The second-order valence-electron chi connectivity index (χ2n) is 6.80. The molecular formula is C17H19N9O3. The Balaban J connectivity index is 1.29. The molecule has 0 spiro atoms. The molecule has 0 saturated carbocycles. The summed E-state index contributed by atoms with van der Waals surface area (Å²) in [5.41, 5.74) is 7.40. The van der Waals surface area contributed by atoms with Crippen molar-refractivity contribution in [2.75, 3.05) is 12.3 Å². The second-order valence-corrected chi connectivity index (χ2v) is 6.80. The summed E-state index contributed by atoms with van der Waals surface area (Å²) in [7, 11) is 0. The van der Waals surface area contributed by atoms with Gasteiger partial charge in [0, 0.05) is 18.1 Å². The predicted molar refractivity (Wildman–Crippen MR) is 101 cm³/mol. The maximum Gasteiger partial charge on any atom is 0.167 e.